The zero-order chi connectivity index (χ0) is 21.4. The summed E-state index contributed by atoms with van der Waals surface area (Å²) >= 11 is 0. The largest absolute Gasteiger partial charge is 0.395 e. The Kier molecular flexibility index (Phi) is 5.61. The van der Waals surface area contributed by atoms with Crippen molar-refractivity contribution in [2.75, 3.05) is 36.5 Å². The van der Waals surface area contributed by atoms with Gasteiger partial charge < -0.3 is 20.4 Å². The SMILES string of the molecule is O=C(CC12CC3CC(CC(C3)C1)C2)Nc1cccc2nc(N(CCO)CCO)ccc12. The number of aliphatic hydroxyl groups is 2. The number of carbonyl (C=O) groups excluding carboxylic acids is 1. The highest BCUT2D eigenvalue weighted by atomic mass is 16.3. The molecule has 0 atom stereocenters. The van der Waals surface area contributed by atoms with E-state index in [0.29, 0.717) is 25.3 Å². The first kappa shape index (κ1) is 20.7. The first-order valence-electron chi connectivity index (χ1n) is 11.7. The number of benzene rings is 1. The molecule has 4 aliphatic carbocycles. The van der Waals surface area contributed by atoms with Crippen molar-refractivity contribution < 1.29 is 15.0 Å². The van der Waals surface area contributed by atoms with Crippen molar-refractivity contribution in [2.45, 2.75) is 44.9 Å². The third kappa shape index (κ3) is 4.15. The summed E-state index contributed by atoms with van der Waals surface area (Å²) in [6.07, 6.45) is 8.51. The third-order valence-corrected chi connectivity index (χ3v) is 7.76. The van der Waals surface area contributed by atoms with Gasteiger partial charge in [-0.15, -0.1) is 0 Å². The highest BCUT2D eigenvalue weighted by Gasteiger charge is 2.51. The summed E-state index contributed by atoms with van der Waals surface area (Å²) in [6.45, 7) is 0.835. The van der Waals surface area contributed by atoms with E-state index in [1.807, 2.05) is 35.2 Å². The van der Waals surface area contributed by atoms with E-state index in [1.54, 1.807) is 0 Å². The number of hydrogen-bond donors (Lipinski definition) is 3. The fourth-order valence-corrected chi connectivity index (χ4v) is 7.05. The number of hydrogen-bond acceptors (Lipinski definition) is 5. The second-order valence-corrected chi connectivity index (χ2v) is 10.1. The topological polar surface area (TPSA) is 85.7 Å². The molecule has 4 aliphatic rings. The van der Waals surface area contributed by atoms with E-state index >= 15 is 0 Å². The summed E-state index contributed by atoms with van der Waals surface area (Å²) < 4.78 is 0. The molecule has 1 aromatic heterocycles. The van der Waals surface area contributed by atoms with Crippen LogP contribution in [0.3, 0.4) is 0 Å². The molecule has 1 heterocycles. The summed E-state index contributed by atoms with van der Waals surface area (Å²) in [5.74, 6) is 3.38. The van der Waals surface area contributed by atoms with Gasteiger partial charge >= 0.3 is 0 Å². The van der Waals surface area contributed by atoms with Crippen LogP contribution in [0.5, 0.6) is 0 Å². The van der Waals surface area contributed by atoms with Crippen molar-refractivity contribution in [3.63, 3.8) is 0 Å². The number of carbonyl (C=O) groups is 1. The van der Waals surface area contributed by atoms with Crippen molar-refractivity contribution in [2.24, 2.45) is 23.2 Å². The summed E-state index contributed by atoms with van der Waals surface area (Å²) in [6, 6.07) is 9.66. The number of nitrogens with zero attached hydrogens (tertiary/aromatic N) is 2. The summed E-state index contributed by atoms with van der Waals surface area (Å²) in [4.78, 5) is 19.7. The molecule has 0 aliphatic heterocycles. The molecule has 0 unspecified atom stereocenters. The number of fused-ring (bicyclic) bond motifs is 1. The fourth-order valence-electron chi connectivity index (χ4n) is 7.05. The van der Waals surface area contributed by atoms with Crippen LogP contribution in [0.15, 0.2) is 30.3 Å². The molecule has 1 aromatic carbocycles. The van der Waals surface area contributed by atoms with Gasteiger partial charge in [0.25, 0.3) is 0 Å². The van der Waals surface area contributed by atoms with Crippen molar-refractivity contribution in [3.05, 3.63) is 30.3 Å². The van der Waals surface area contributed by atoms with E-state index in [2.05, 4.69) is 5.32 Å². The predicted molar refractivity (Wildman–Crippen MR) is 122 cm³/mol. The molecule has 3 N–H and O–H groups in total. The molecule has 4 saturated carbocycles. The number of anilines is 2. The Morgan fingerprint density at radius 3 is 2.26 bits per heavy atom. The van der Waals surface area contributed by atoms with Gasteiger partial charge in [0.15, 0.2) is 0 Å². The van der Waals surface area contributed by atoms with Gasteiger partial charge in [-0.05, 0) is 86.0 Å². The van der Waals surface area contributed by atoms with Gasteiger partial charge in [0, 0.05) is 24.9 Å². The summed E-state index contributed by atoms with van der Waals surface area (Å²) in [7, 11) is 0. The van der Waals surface area contributed by atoms with E-state index in [-0.39, 0.29) is 24.5 Å². The Labute approximate surface area is 183 Å². The average Bonchev–Trinajstić information content (AvgIpc) is 2.72. The maximum Gasteiger partial charge on any atom is 0.224 e. The lowest BCUT2D eigenvalue weighted by Crippen LogP contribution is -2.47. The van der Waals surface area contributed by atoms with E-state index < -0.39 is 0 Å². The minimum Gasteiger partial charge on any atom is -0.395 e. The van der Waals surface area contributed by atoms with Crippen molar-refractivity contribution in [3.8, 4) is 0 Å². The lowest BCUT2D eigenvalue weighted by Gasteiger charge is -2.56. The molecular weight excluding hydrogens is 390 g/mol. The number of aliphatic hydroxyl groups excluding tert-OH is 2. The Balaban J connectivity index is 1.33. The standard InChI is InChI=1S/C25H33N3O3/c29-8-6-28(7-9-30)23-5-4-20-21(26-23)2-1-3-22(20)27-24(31)16-25-13-17-10-18(14-25)12-19(11-17)15-25/h1-5,17-19,29-30H,6-16H2,(H,27,31). The molecule has 4 fully saturated rings. The van der Waals surface area contributed by atoms with Crippen LogP contribution in [0.2, 0.25) is 0 Å². The molecule has 1 amide bonds. The fraction of sp³-hybridized carbons (Fsp3) is 0.600. The minimum atomic E-state index is 0.000135. The molecule has 166 valence electrons. The highest BCUT2D eigenvalue weighted by molar-refractivity contribution is 6.01. The van der Waals surface area contributed by atoms with Crippen LogP contribution in [0, 0.1) is 23.2 Å². The van der Waals surface area contributed by atoms with Crippen LogP contribution in [-0.2, 0) is 4.79 Å². The van der Waals surface area contributed by atoms with E-state index in [1.165, 1.54) is 38.5 Å². The Bertz CT molecular complexity index is 919. The van der Waals surface area contributed by atoms with Crippen LogP contribution < -0.4 is 10.2 Å². The van der Waals surface area contributed by atoms with Gasteiger partial charge in [0.2, 0.25) is 5.91 Å². The number of amides is 1. The lowest BCUT2D eigenvalue weighted by atomic mass is 9.49. The molecule has 31 heavy (non-hydrogen) atoms. The van der Waals surface area contributed by atoms with E-state index in [4.69, 9.17) is 4.98 Å². The van der Waals surface area contributed by atoms with Crippen LogP contribution in [0.4, 0.5) is 11.5 Å². The van der Waals surface area contributed by atoms with Crippen molar-refractivity contribution in [1.82, 2.24) is 4.98 Å². The first-order chi connectivity index (χ1) is 15.1. The van der Waals surface area contributed by atoms with Crippen LogP contribution in [-0.4, -0.2) is 47.4 Å². The maximum absolute atomic E-state index is 13.1. The second kappa shape index (κ2) is 8.40. The Morgan fingerprint density at radius 1 is 1.00 bits per heavy atom. The van der Waals surface area contributed by atoms with E-state index in [0.717, 1.165) is 34.3 Å². The smallest absolute Gasteiger partial charge is 0.224 e. The normalized spacial score (nSPS) is 28.8. The lowest BCUT2D eigenvalue weighted by molar-refractivity contribution is -0.124. The molecule has 4 bridgehead atoms. The summed E-state index contributed by atoms with van der Waals surface area (Å²) in [5.41, 5.74) is 1.83. The van der Waals surface area contributed by atoms with Crippen LogP contribution in [0.1, 0.15) is 44.9 Å². The van der Waals surface area contributed by atoms with Gasteiger partial charge in [0.05, 0.1) is 24.4 Å². The monoisotopic (exact) mass is 423 g/mol. The highest BCUT2D eigenvalue weighted by Crippen LogP contribution is 2.61. The van der Waals surface area contributed by atoms with Crippen LogP contribution >= 0.6 is 0 Å². The molecule has 6 nitrogen and oxygen atoms in total. The Hall–Kier alpha value is -2.18. The number of aromatic nitrogens is 1. The molecule has 6 rings (SSSR count). The van der Waals surface area contributed by atoms with Gasteiger partial charge in [-0.2, -0.15) is 0 Å². The molecule has 0 radical (unpaired) electrons. The van der Waals surface area contributed by atoms with Gasteiger partial charge in [-0.25, -0.2) is 4.98 Å². The minimum absolute atomic E-state index is 0.000135. The molecular formula is C25H33N3O3. The van der Waals surface area contributed by atoms with Crippen molar-refractivity contribution >= 4 is 28.3 Å². The quantitative estimate of drug-likeness (QED) is 0.604. The first-order valence-corrected chi connectivity index (χ1v) is 11.7. The zero-order valence-corrected chi connectivity index (χ0v) is 18.1. The second-order valence-electron chi connectivity index (χ2n) is 10.1. The molecule has 6 heteroatoms. The molecule has 0 saturated heterocycles. The third-order valence-electron chi connectivity index (χ3n) is 7.76. The predicted octanol–water partition coefficient (Wildman–Crippen LogP) is 3.57. The van der Waals surface area contributed by atoms with E-state index in [9.17, 15) is 15.0 Å². The van der Waals surface area contributed by atoms with Gasteiger partial charge in [-0.1, -0.05) is 6.07 Å². The number of nitrogens with one attached hydrogen (secondary N) is 1. The number of rotatable bonds is 8. The summed E-state index contributed by atoms with van der Waals surface area (Å²) in [5, 5.41) is 22.7. The van der Waals surface area contributed by atoms with Crippen molar-refractivity contribution in [1.29, 1.82) is 0 Å². The molecule has 2 aromatic rings. The zero-order valence-electron chi connectivity index (χ0n) is 18.1. The maximum atomic E-state index is 13.1. The van der Waals surface area contributed by atoms with Gasteiger partial charge in [0.1, 0.15) is 5.82 Å². The van der Waals surface area contributed by atoms with Crippen LogP contribution in [0.25, 0.3) is 10.9 Å². The average molecular weight is 424 g/mol. The molecule has 0 spiro atoms. The number of pyridine rings is 1. The Morgan fingerprint density at radius 2 is 1.65 bits per heavy atom. The van der Waals surface area contributed by atoms with Gasteiger partial charge in [-0.3, -0.25) is 4.79 Å².